The molecule has 0 aliphatic carbocycles. The Bertz CT molecular complexity index is 200. The van der Waals surface area contributed by atoms with Gasteiger partial charge >= 0.3 is 0 Å². The third kappa shape index (κ3) is 0.872. The summed E-state index contributed by atoms with van der Waals surface area (Å²) in [6, 6.07) is 0.331. The molecule has 2 atom stereocenters. The number of hydrogen-bond donors (Lipinski definition) is 1. The quantitative estimate of drug-likeness (QED) is 0.540. The average molecular weight is 155 g/mol. The number of hydrogen-bond acceptors (Lipinski definition) is 2. The molecule has 3 heteroatoms. The molecule has 2 heterocycles. The van der Waals surface area contributed by atoms with Crippen molar-refractivity contribution in [1.82, 2.24) is 4.90 Å². The molecule has 1 N–H and O–H groups in total. The summed E-state index contributed by atoms with van der Waals surface area (Å²) in [7, 11) is 0. The van der Waals surface area contributed by atoms with Crippen LogP contribution in [0, 0.1) is 0 Å². The van der Waals surface area contributed by atoms with Gasteiger partial charge in [-0.05, 0) is 19.8 Å². The second-order valence-corrected chi connectivity index (χ2v) is 3.77. The van der Waals surface area contributed by atoms with Crippen molar-refractivity contribution in [2.75, 3.05) is 6.54 Å². The fourth-order valence-electron chi connectivity index (χ4n) is 2.17. The number of rotatable bonds is 0. The van der Waals surface area contributed by atoms with Gasteiger partial charge in [-0.1, -0.05) is 0 Å². The van der Waals surface area contributed by atoms with Gasteiger partial charge < -0.3 is 10.0 Å². The highest BCUT2D eigenvalue weighted by Gasteiger charge is 2.48. The molecule has 0 saturated carbocycles. The fraction of sp³-hybridized carbons (Fsp3) is 0.875. The molecule has 2 aliphatic rings. The van der Waals surface area contributed by atoms with E-state index in [4.69, 9.17) is 0 Å². The number of carbonyl (C=O) groups is 1. The molecule has 2 fully saturated rings. The molecule has 3 nitrogen and oxygen atoms in total. The van der Waals surface area contributed by atoms with Crippen LogP contribution in [-0.4, -0.2) is 34.1 Å². The van der Waals surface area contributed by atoms with Crippen molar-refractivity contribution in [2.24, 2.45) is 0 Å². The molecule has 2 saturated heterocycles. The Kier molecular flexibility index (Phi) is 1.27. The Morgan fingerprint density at radius 3 is 3.09 bits per heavy atom. The van der Waals surface area contributed by atoms with Gasteiger partial charge in [-0.3, -0.25) is 4.79 Å². The summed E-state index contributed by atoms with van der Waals surface area (Å²) in [4.78, 5) is 13.2. The molecule has 0 bridgehead atoms. The van der Waals surface area contributed by atoms with Crippen LogP contribution in [0.15, 0.2) is 0 Å². The van der Waals surface area contributed by atoms with Crippen molar-refractivity contribution >= 4 is 5.91 Å². The monoisotopic (exact) mass is 155 g/mol. The molecule has 0 aromatic heterocycles. The Morgan fingerprint density at radius 1 is 1.73 bits per heavy atom. The first-order valence-electron chi connectivity index (χ1n) is 4.15. The highest BCUT2D eigenvalue weighted by atomic mass is 16.3. The first-order valence-corrected chi connectivity index (χ1v) is 4.15. The minimum Gasteiger partial charge on any atom is -0.380 e. The van der Waals surface area contributed by atoms with Crippen molar-refractivity contribution in [3.63, 3.8) is 0 Å². The zero-order valence-electron chi connectivity index (χ0n) is 6.71. The Hall–Kier alpha value is -0.570. The van der Waals surface area contributed by atoms with Gasteiger partial charge in [0.05, 0.1) is 0 Å². The Labute approximate surface area is 66.0 Å². The van der Waals surface area contributed by atoms with E-state index in [9.17, 15) is 9.90 Å². The number of nitrogens with zero attached hydrogens (tertiary/aromatic N) is 1. The van der Waals surface area contributed by atoms with E-state index >= 15 is 0 Å². The van der Waals surface area contributed by atoms with Gasteiger partial charge in [0.25, 0.3) is 5.91 Å². The lowest BCUT2D eigenvalue weighted by molar-refractivity contribution is -0.141. The molecule has 2 unspecified atom stereocenters. The minimum absolute atomic E-state index is 0.0694. The first-order chi connectivity index (χ1) is 5.11. The maximum absolute atomic E-state index is 11.4. The summed E-state index contributed by atoms with van der Waals surface area (Å²) in [6.45, 7) is 2.47. The summed E-state index contributed by atoms with van der Waals surface area (Å²) >= 11 is 0. The molecule has 62 valence electrons. The summed E-state index contributed by atoms with van der Waals surface area (Å²) < 4.78 is 0. The Balaban J connectivity index is 2.23. The second-order valence-electron chi connectivity index (χ2n) is 3.77. The molecule has 0 spiro atoms. The van der Waals surface area contributed by atoms with Gasteiger partial charge in [0, 0.05) is 19.0 Å². The van der Waals surface area contributed by atoms with Crippen LogP contribution in [0.4, 0.5) is 0 Å². The summed E-state index contributed by atoms with van der Waals surface area (Å²) in [5.74, 6) is -0.0694. The zero-order chi connectivity index (χ0) is 8.06. The molecular weight excluding hydrogens is 142 g/mol. The lowest BCUT2D eigenvalue weighted by atomic mass is 10.0. The number of fused-ring (bicyclic) bond motifs is 1. The predicted octanol–water partition coefficient (Wildman–Crippen LogP) is 0.132. The van der Waals surface area contributed by atoms with E-state index in [1.807, 2.05) is 4.90 Å². The lowest BCUT2D eigenvalue weighted by Gasteiger charge is -2.16. The van der Waals surface area contributed by atoms with Crippen LogP contribution in [0.1, 0.15) is 26.2 Å². The number of aliphatic hydroxyl groups is 1. The standard InChI is InChI=1S/C8H13NO2/c1-8(11)5-6-3-2-4-9(6)7(8)10/h6,11H,2-5H2,1H3. The van der Waals surface area contributed by atoms with Crippen LogP contribution >= 0.6 is 0 Å². The SMILES string of the molecule is CC1(O)CC2CCCN2C1=O. The molecular formula is C8H13NO2. The highest BCUT2D eigenvalue weighted by molar-refractivity contribution is 5.87. The lowest BCUT2D eigenvalue weighted by Crippen LogP contribution is -2.37. The van der Waals surface area contributed by atoms with Gasteiger partial charge in [-0.25, -0.2) is 0 Å². The van der Waals surface area contributed by atoms with Crippen molar-refractivity contribution in [2.45, 2.75) is 37.8 Å². The molecule has 2 rings (SSSR count). The van der Waals surface area contributed by atoms with E-state index in [1.165, 1.54) is 0 Å². The van der Waals surface area contributed by atoms with Crippen LogP contribution in [0.2, 0.25) is 0 Å². The van der Waals surface area contributed by atoms with Crippen molar-refractivity contribution < 1.29 is 9.90 Å². The van der Waals surface area contributed by atoms with Crippen LogP contribution in [0.5, 0.6) is 0 Å². The highest BCUT2D eigenvalue weighted by Crippen LogP contribution is 2.34. The largest absolute Gasteiger partial charge is 0.380 e. The topological polar surface area (TPSA) is 40.5 Å². The first kappa shape index (κ1) is 7.10. The maximum atomic E-state index is 11.4. The van der Waals surface area contributed by atoms with Crippen molar-refractivity contribution in [3.8, 4) is 0 Å². The molecule has 0 aromatic rings. The van der Waals surface area contributed by atoms with E-state index in [0.717, 1.165) is 19.4 Å². The van der Waals surface area contributed by atoms with Gasteiger partial charge in [0.15, 0.2) is 0 Å². The summed E-state index contributed by atoms with van der Waals surface area (Å²) in [5, 5.41) is 9.58. The van der Waals surface area contributed by atoms with E-state index in [2.05, 4.69) is 0 Å². The van der Waals surface area contributed by atoms with Crippen molar-refractivity contribution in [3.05, 3.63) is 0 Å². The summed E-state index contributed by atoms with van der Waals surface area (Å²) in [6.07, 6.45) is 2.81. The molecule has 2 aliphatic heterocycles. The van der Waals surface area contributed by atoms with E-state index in [1.54, 1.807) is 6.92 Å². The normalized spacial score (nSPS) is 43.3. The molecule has 1 amide bonds. The number of amides is 1. The zero-order valence-corrected chi connectivity index (χ0v) is 6.71. The van der Waals surface area contributed by atoms with Crippen molar-refractivity contribution in [1.29, 1.82) is 0 Å². The molecule has 0 radical (unpaired) electrons. The van der Waals surface area contributed by atoms with Crippen LogP contribution in [-0.2, 0) is 4.79 Å². The summed E-state index contributed by atoms with van der Waals surface area (Å²) in [5.41, 5.74) is -1.06. The van der Waals surface area contributed by atoms with E-state index < -0.39 is 5.60 Å². The second kappa shape index (κ2) is 1.97. The van der Waals surface area contributed by atoms with Crippen LogP contribution in [0.25, 0.3) is 0 Å². The van der Waals surface area contributed by atoms with E-state index in [0.29, 0.717) is 12.5 Å². The van der Waals surface area contributed by atoms with Gasteiger partial charge in [-0.15, -0.1) is 0 Å². The van der Waals surface area contributed by atoms with Crippen LogP contribution < -0.4 is 0 Å². The molecule has 0 aromatic carbocycles. The van der Waals surface area contributed by atoms with Gasteiger partial charge in [0.1, 0.15) is 5.60 Å². The minimum atomic E-state index is -1.06. The predicted molar refractivity (Wildman–Crippen MR) is 40.0 cm³/mol. The third-order valence-corrected chi connectivity index (χ3v) is 2.73. The smallest absolute Gasteiger partial charge is 0.254 e. The van der Waals surface area contributed by atoms with Gasteiger partial charge in [0.2, 0.25) is 0 Å². The van der Waals surface area contributed by atoms with Gasteiger partial charge in [-0.2, -0.15) is 0 Å². The maximum Gasteiger partial charge on any atom is 0.254 e. The fourth-order valence-corrected chi connectivity index (χ4v) is 2.17. The Morgan fingerprint density at radius 2 is 2.45 bits per heavy atom. The van der Waals surface area contributed by atoms with E-state index in [-0.39, 0.29) is 5.91 Å². The molecule has 11 heavy (non-hydrogen) atoms. The average Bonchev–Trinajstić information content (AvgIpc) is 2.39. The third-order valence-electron chi connectivity index (χ3n) is 2.73. The van der Waals surface area contributed by atoms with Crippen LogP contribution in [0.3, 0.4) is 0 Å². The number of carbonyl (C=O) groups excluding carboxylic acids is 1.